The highest BCUT2D eigenvalue weighted by Gasteiger charge is 2.50. The summed E-state index contributed by atoms with van der Waals surface area (Å²) in [6.07, 6.45) is 0.535. The Labute approximate surface area is 168 Å². The van der Waals surface area contributed by atoms with Gasteiger partial charge in [-0.15, -0.1) is 0 Å². The van der Waals surface area contributed by atoms with Gasteiger partial charge in [-0.2, -0.15) is 0 Å². The molecule has 0 aliphatic carbocycles. The van der Waals surface area contributed by atoms with Crippen molar-refractivity contribution in [3.8, 4) is 0 Å². The predicted molar refractivity (Wildman–Crippen MR) is 116 cm³/mol. The van der Waals surface area contributed by atoms with Crippen molar-refractivity contribution in [1.29, 1.82) is 0 Å². The summed E-state index contributed by atoms with van der Waals surface area (Å²) >= 11 is 0. The number of amides is 1. The van der Waals surface area contributed by atoms with Crippen LogP contribution in [0.5, 0.6) is 0 Å². The van der Waals surface area contributed by atoms with E-state index in [1.807, 2.05) is 36.4 Å². The summed E-state index contributed by atoms with van der Waals surface area (Å²) in [5, 5.41) is 4.69. The molecule has 0 aliphatic heterocycles. The summed E-state index contributed by atoms with van der Waals surface area (Å²) < 4.78 is 6.72. The Morgan fingerprint density at radius 3 is 1.93 bits per heavy atom. The third kappa shape index (κ3) is 4.66. The van der Waals surface area contributed by atoms with Gasteiger partial charge in [-0.1, -0.05) is 94.9 Å². The Kier molecular flexibility index (Phi) is 7.10. The largest absolute Gasteiger partial charge is 0.407 e. The van der Waals surface area contributed by atoms with Crippen LogP contribution < -0.4 is 15.7 Å². The first kappa shape index (κ1) is 21.8. The fourth-order valence-electron chi connectivity index (χ4n) is 3.40. The van der Waals surface area contributed by atoms with Crippen LogP contribution in [0.1, 0.15) is 27.7 Å². The molecule has 1 atom stereocenters. The lowest BCUT2D eigenvalue weighted by Gasteiger charge is -2.43. The third-order valence-corrected chi connectivity index (χ3v) is 9.85. The Bertz CT molecular complexity index is 773. The summed E-state index contributed by atoms with van der Waals surface area (Å²) in [7, 11) is -2.68. The number of benzene rings is 2. The van der Waals surface area contributed by atoms with E-state index < -0.39 is 14.2 Å². The summed E-state index contributed by atoms with van der Waals surface area (Å²) in [5.41, 5.74) is 0.0577. The smallest absolute Gasteiger partial charge is 0.261 e. The molecule has 0 aliphatic rings. The molecule has 1 N–H and O–H groups in total. The molecule has 0 radical (unpaired) electrons. The van der Waals surface area contributed by atoms with E-state index in [-0.39, 0.29) is 23.2 Å². The topological polar surface area (TPSA) is 55.4 Å². The standard InChI is InChI=1S/C23H29NO3Si/c1-18(22(26)24-19(2)16-25)17-27-28(23(3,4)5,20-12-8-6-9-13-20)21-14-10-7-11-15-21/h6-16,18H,2,17H2,1,3-5H3,(H,24,26). The van der Waals surface area contributed by atoms with E-state index in [1.54, 1.807) is 6.92 Å². The second-order valence-corrected chi connectivity index (χ2v) is 12.3. The molecule has 5 heteroatoms. The summed E-state index contributed by atoms with van der Waals surface area (Å²) in [6, 6.07) is 20.6. The van der Waals surface area contributed by atoms with Gasteiger partial charge in [0.25, 0.3) is 8.32 Å². The molecule has 28 heavy (non-hydrogen) atoms. The summed E-state index contributed by atoms with van der Waals surface area (Å²) in [6.45, 7) is 12.1. The van der Waals surface area contributed by atoms with Crippen LogP contribution in [-0.4, -0.2) is 27.1 Å². The van der Waals surface area contributed by atoms with E-state index in [9.17, 15) is 9.59 Å². The SMILES string of the molecule is C=C(C=O)NC(=O)C(C)CO[Si](c1ccccc1)(c1ccccc1)C(C)(C)C. The number of aldehydes is 1. The average molecular weight is 396 g/mol. The minimum Gasteiger partial charge on any atom is -0.407 e. The lowest BCUT2D eigenvalue weighted by molar-refractivity contribution is -0.125. The maximum absolute atomic E-state index is 12.4. The van der Waals surface area contributed by atoms with E-state index in [0.717, 1.165) is 0 Å². The van der Waals surface area contributed by atoms with E-state index in [0.29, 0.717) is 6.29 Å². The monoisotopic (exact) mass is 395 g/mol. The van der Waals surface area contributed by atoms with Crippen molar-refractivity contribution >= 4 is 30.9 Å². The highest BCUT2D eigenvalue weighted by molar-refractivity contribution is 6.99. The predicted octanol–water partition coefficient (Wildman–Crippen LogP) is 3.03. The van der Waals surface area contributed by atoms with Crippen molar-refractivity contribution in [2.75, 3.05) is 6.61 Å². The zero-order valence-corrected chi connectivity index (χ0v) is 18.1. The van der Waals surface area contributed by atoms with Crippen molar-refractivity contribution in [2.24, 2.45) is 5.92 Å². The van der Waals surface area contributed by atoms with E-state index >= 15 is 0 Å². The number of rotatable bonds is 8. The average Bonchev–Trinajstić information content (AvgIpc) is 2.68. The number of hydrogen-bond acceptors (Lipinski definition) is 3. The maximum Gasteiger partial charge on any atom is 0.261 e. The molecular weight excluding hydrogens is 366 g/mol. The Balaban J connectivity index is 2.43. The van der Waals surface area contributed by atoms with E-state index in [2.05, 4.69) is 56.9 Å². The molecule has 4 nitrogen and oxygen atoms in total. The van der Waals surface area contributed by atoms with E-state index in [1.165, 1.54) is 10.4 Å². The Morgan fingerprint density at radius 1 is 1.07 bits per heavy atom. The first-order valence-electron chi connectivity index (χ1n) is 9.42. The minimum atomic E-state index is -2.68. The third-order valence-electron chi connectivity index (χ3n) is 4.84. The molecule has 0 heterocycles. The van der Waals surface area contributed by atoms with Crippen molar-refractivity contribution in [3.05, 3.63) is 72.9 Å². The molecule has 2 aromatic rings. The molecule has 0 saturated carbocycles. The molecule has 148 valence electrons. The van der Waals surface area contributed by atoms with Gasteiger partial charge in [0.1, 0.15) is 0 Å². The second kappa shape index (κ2) is 9.13. The van der Waals surface area contributed by atoms with Crippen molar-refractivity contribution < 1.29 is 14.0 Å². The molecule has 2 aromatic carbocycles. The Hall–Kier alpha value is -2.50. The fraction of sp³-hybridized carbons (Fsp3) is 0.304. The van der Waals surface area contributed by atoms with Gasteiger partial charge in [-0.25, -0.2) is 0 Å². The molecule has 0 fully saturated rings. The lowest BCUT2D eigenvalue weighted by Crippen LogP contribution is -2.67. The quantitative estimate of drug-likeness (QED) is 0.425. The molecule has 1 amide bonds. The number of allylic oxidation sites excluding steroid dienone is 1. The van der Waals surface area contributed by atoms with Crippen LogP contribution in [0.15, 0.2) is 72.9 Å². The minimum absolute atomic E-state index is 0.0577. The van der Waals surface area contributed by atoms with Gasteiger partial charge in [-0.05, 0) is 15.4 Å². The van der Waals surface area contributed by atoms with Crippen molar-refractivity contribution in [1.82, 2.24) is 5.32 Å². The van der Waals surface area contributed by atoms with Crippen LogP contribution in [0.4, 0.5) is 0 Å². The van der Waals surface area contributed by atoms with Gasteiger partial charge >= 0.3 is 0 Å². The highest BCUT2D eigenvalue weighted by atomic mass is 28.4. The maximum atomic E-state index is 12.4. The number of nitrogens with one attached hydrogen (secondary N) is 1. The highest BCUT2D eigenvalue weighted by Crippen LogP contribution is 2.37. The zero-order valence-electron chi connectivity index (χ0n) is 17.1. The molecular formula is C23H29NO3Si. The first-order chi connectivity index (χ1) is 13.2. The molecule has 1 unspecified atom stereocenters. The van der Waals surface area contributed by atoms with Crippen LogP contribution in [0, 0.1) is 5.92 Å². The van der Waals surface area contributed by atoms with Gasteiger partial charge in [0.05, 0.1) is 11.6 Å². The van der Waals surface area contributed by atoms with Gasteiger partial charge < -0.3 is 9.74 Å². The van der Waals surface area contributed by atoms with Crippen LogP contribution >= 0.6 is 0 Å². The Morgan fingerprint density at radius 2 is 1.54 bits per heavy atom. The van der Waals surface area contributed by atoms with Crippen LogP contribution in [0.3, 0.4) is 0 Å². The van der Waals surface area contributed by atoms with Gasteiger partial charge in [0, 0.05) is 6.61 Å². The molecule has 0 saturated heterocycles. The van der Waals surface area contributed by atoms with Crippen molar-refractivity contribution in [2.45, 2.75) is 32.7 Å². The van der Waals surface area contributed by atoms with Crippen LogP contribution in [-0.2, 0) is 14.0 Å². The van der Waals surface area contributed by atoms with Gasteiger partial charge in [-0.3, -0.25) is 9.59 Å². The fourth-order valence-corrected chi connectivity index (χ4v) is 8.05. The molecule has 0 bridgehead atoms. The van der Waals surface area contributed by atoms with Crippen molar-refractivity contribution in [3.63, 3.8) is 0 Å². The first-order valence-corrected chi connectivity index (χ1v) is 11.3. The normalized spacial score (nSPS) is 12.9. The zero-order chi connectivity index (χ0) is 20.8. The summed E-state index contributed by atoms with van der Waals surface area (Å²) in [5.74, 6) is -0.687. The molecule has 0 spiro atoms. The van der Waals surface area contributed by atoms with Gasteiger partial charge in [0.2, 0.25) is 5.91 Å². The molecule has 0 aromatic heterocycles. The number of carbonyl (C=O) groups excluding carboxylic acids is 2. The van der Waals surface area contributed by atoms with Crippen LogP contribution in [0.2, 0.25) is 5.04 Å². The molecule has 2 rings (SSSR count). The van der Waals surface area contributed by atoms with E-state index in [4.69, 9.17) is 4.43 Å². The lowest BCUT2D eigenvalue weighted by atomic mass is 10.2. The second-order valence-electron chi connectivity index (χ2n) is 8.01. The van der Waals surface area contributed by atoms with Crippen LogP contribution in [0.25, 0.3) is 0 Å². The number of carbonyl (C=O) groups is 2. The number of hydrogen-bond donors (Lipinski definition) is 1. The van der Waals surface area contributed by atoms with Gasteiger partial charge in [0.15, 0.2) is 6.29 Å². The summed E-state index contributed by atoms with van der Waals surface area (Å²) in [4.78, 5) is 23.1.